The molecular weight excluding hydrogens is 334 g/mol. The van der Waals surface area contributed by atoms with Crippen molar-refractivity contribution in [2.24, 2.45) is 0 Å². The predicted molar refractivity (Wildman–Crippen MR) is 81.2 cm³/mol. The van der Waals surface area contributed by atoms with Crippen LogP contribution in [0.3, 0.4) is 0 Å². The summed E-state index contributed by atoms with van der Waals surface area (Å²) in [6.45, 7) is 0. The molecule has 0 fully saturated rings. The summed E-state index contributed by atoms with van der Waals surface area (Å²) in [6.07, 6.45) is -0.950. The zero-order valence-corrected chi connectivity index (χ0v) is 12.6. The molecule has 0 aliphatic rings. The van der Waals surface area contributed by atoms with Crippen LogP contribution in [-0.2, 0) is 9.53 Å². The van der Waals surface area contributed by atoms with Gasteiger partial charge in [-0.15, -0.1) is 0 Å². The van der Waals surface area contributed by atoms with E-state index >= 15 is 0 Å². The number of halogens is 1. The number of hydrogen-bond donors (Lipinski definition) is 0. The van der Waals surface area contributed by atoms with E-state index in [1.54, 1.807) is 24.3 Å². The van der Waals surface area contributed by atoms with Crippen molar-refractivity contribution in [3.63, 3.8) is 0 Å². The molecule has 0 bridgehead atoms. The van der Waals surface area contributed by atoms with Gasteiger partial charge in [-0.2, -0.15) is 5.26 Å². The SMILES string of the molecule is N#CC(OC(=O)CBr)c1cccc(Oc2ccccc2)c1. The van der Waals surface area contributed by atoms with Crippen LogP contribution in [0.25, 0.3) is 0 Å². The summed E-state index contributed by atoms with van der Waals surface area (Å²) < 4.78 is 10.7. The lowest BCUT2D eigenvalue weighted by molar-refractivity contribution is -0.143. The average Bonchev–Trinajstić information content (AvgIpc) is 2.53. The highest BCUT2D eigenvalue weighted by Gasteiger charge is 2.16. The lowest BCUT2D eigenvalue weighted by Crippen LogP contribution is -2.10. The third-order valence-corrected chi connectivity index (χ3v) is 3.07. The largest absolute Gasteiger partial charge is 0.457 e. The van der Waals surface area contributed by atoms with E-state index in [4.69, 9.17) is 14.7 Å². The molecule has 2 aromatic carbocycles. The van der Waals surface area contributed by atoms with E-state index in [1.165, 1.54) is 0 Å². The normalized spacial score (nSPS) is 11.2. The highest BCUT2D eigenvalue weighted by atomic mass is 79.9. The van der Waals surface area contributed by atoms with Gasteiger partial charge in [-0.25, -0.2) is 0 Å². The Hall–Kier alpha value is -2.32. The fourth-order valence-electron chi connectivity index (χ4n) is 1.70. The summed E-state index contributed by atoms with van der Waals surface area (Å²) in [4.78, 5) is 11.3. The van der Waals surface area contributed by atoms with Gasteiger partial charge in [0.1, 0.15) is 22.9 Å². The first-order valence-electron chi connectivity index (χ1n) is 6.21. The summed E-state index contributed by atoms with van der Waals surface area (Å²) in [5.41, 5.74) is 0.570. The zero-order chi connectivity index (χ0) is 15.1. The third kappa shape index (κ3) is 4.33. The molecule has 0 saturated carbocycles. The van der Waals surface area contributed by atoms with Crippen LogP contribution in [0.5, 0.6) is 11.5 Å². The first kappa shape index (κ1) is 15.1. The fourth-order valence-corrected chi connectivity index (χ4v) is 1.83. The standard InChI is InChI=1S/C16H12BrNO3/c17-10-16(19)21-15(11-18)12-5-4-8-14(9-12)20-13-6-2-1-3-7-13/h1-9,15H,10H2. The van der Waals surface area contributed by atoms with Crippen molar-refractivity contribution < 1.29 is 14.3 Å². The maximum absolute atomic E-state index is 11.3. The van der Waals surface area contributed by atoms with E-state index in [-0.39, 0.29) is 5.33 Å². The first-order chi connectivity index (χ1) is 10.2. The number of nitriles is 1. The van der Waals surface area contributed by atoms with E-state index in [0.717, 1.165) is 0 Å². The summed E-state index contributed by atoms with van der Waals surface area (Å²) >= 11 is 3.00. The number of para-hydroxylation sites is 1. The number of nitrogens with zero attached hydrogens (tertiary/aromatic N) is 1. The smallest absolute Gasteiger partial charge is 0.318 e. The second kappa shape index (κ2) is 7.46. The predicted octanol–water partition coefficient (Wildman–Crippen LogP) is 3.98. The minimum atomic E-state index is -0.950. The monoisotopic (exact) mass is 345 g/mol. The second-order valence-electron chi connectivity index (χ2n) is 4.12. The zero-order valence-electron chi connectivity index (χ0n) is 11.0. The molecule has 1 atom stereocenters. The van der Waals surface area contributed by atoms with Gasteiger partial charge in [0.2, 0.25) is 6.10 Å². The second-order valence-corrected chi connectivity index (χ2v) is 4.68. The van der Waals surface area contributed by atoms with Gasteiger partial charge in [0.25, 0.3) is 0 Å². The Balaban J connectivity index is 2.17. The Morgan fingerprint density at radius 3 is 2.52 bits per heavy atom. The first-order valence-corrected chi connectivity index (χ1v) is 7.33. The summed E-state index contributed by atoms with van der Waals surface area (Å²) in [5.74, 6) is 0.783. The van der Waals surface area contributed by atoms with Crippen LogP contribution in [0.15, 0.2) is 54.6 Å². The number of carbonyl (C=O) groups excluding carboxylic acids is 1. The molecule has 0 aliphatic carbocycles. The highest BCUT2D eigenvalue weighted by molar-refractivity contribution is 9.09. The fraction of sp³-hybridized carbons (Fsp3) is 0.125. The van der Waals surface area contributed by atoms with Gasteiger partial charge in [-0.05, 0) is 24.3 Å². The molecule has 1 unspecified atom stereocenters. The van der Waals surface area contributed by atoms with Crippen molar-refractivity contribution in [1.82, 2.24) is 0 Å². The average molecular weight is 346 g/mol. The Bertz CT molecular complexity index is 652. The van der Waals surface area contributed by atoms with E-state index < -0.39 is 12.1 Å². The Morgan fingerprint density at radius 1 is 1.14 bits per heavy atom. The van der Waals surface area contributed by atoms with Gasteiger partial charge < -0.3 is 9.47 Å². The van der Waals surface area contributed by atoms with Crippen LogP contribution >= 0.6 is 15.9 Å². The van der Waals surface area contributed by atoms with Gasteiger partial charge in [0.05, 0.1) is 0 Å². The van der Waals surface area contributed by atoms with Gasteiger partial charge >= 0.3 is 5.97 Å². The molecule has 0 aromatic heterocycles. The number of ether oxygens (including phenoxy) is 2. The number of benzene rings is 2. The molecule has 21 heavy (non-hydrogen) atoms. The lowest BCUT2D eigenvalue weighted by Gasteiger charge is -2.12. The summed E-state index contributed by atoms with van der Waals surface area (Å²) in [7, 11) is 0. The van der Waals surface area contributed by atoms with Crippen LogP contribution in [-0.4, -0.2) is 11.3 Å². The Morgan fingerprint density at radius 2 is 1.86 bits per heavy atom. The third-order valence-electron chi connectivity index (χ3n) is 2.62. The maximum atomic E-state index is 11.3. The van der Waals surface area contributed by atoms with E-state index in [1.807, 2.05) is 36.4 Å². The van der Waals surface area contributed by atoms with Crippen LogP contribution < -0.4 is 4.74 Å². The van der Waals surface area contributed by atoms with Crippen molar-refractivity contribution in [2.45, 2.75) is 6.10 Å². The number of rotatable bonds is 5. The van der Waals surface area contributed by atoms with Crippen LogP contribution in [0.4, 0.5) is 0 Å². The molecule has 4 nitrogen and oxygen atoms in total. The molecule has 0 N–H and O–H groups in total. The molecular formula is C16H12BrNO3. The van der Waals surface area contributed by atoms with Gasteiger partial charge in [-0.1, -0.05) is 46.3 Å². The van der Waals surface area contributed by atoms with Crippen LogP contribution in [0.1, 0.15) is 11.7 Å². The molecule has 2 rings (SSSR count). The van der Waals surface area contributed by atoms with Crippen molar-refractivity contribution in [1.29, 1.82) is 5.26 Å². The van der Waals surface area contributed by atoms with Crippen LogP contribution in [0.2, 0.25) is 0 Å². The van der Waals surface area contributed by atoms with E-state index in [0.29, 0.717) is 17.1 Å². The highest BCUT2D eigenvalue weighted by Crippen LogP contribution is 2.25. The van der Waals surface area contributed by atoms with E-state index in [2.05, 4.69) is 15.9 Å². The van der Waals surface area contributed by atoms with Gasteiger partial charge in [0.15, 0.2) is 0 Å². The van der Waals surface area contributed by atoms with E-state index in [9.17, 15) is 4.79 Å². The molecule has 2 aromatic rings. The van der Waals surface area contributed by atoms with Crippen molar-refractivity contribution >= 4 is 21.9 Å². The molecule has 0 aliphatic heterocycles. The Kier molecular flexibility index (Phi) is 5.35. The number of esters is 1. The number of carbonyl (C=O) groups is 1. The van der Waals surface area contributed by atoms with Crippen molar-refractivity contribution in [2.75, 3.05) is 5.33 Å². The molecule has 106 valence electrons. The molecule has 0 radical (unpaired) electrons. The summed E-state index contributed by atoms with van der Waals surface area (Å²) in [5, 5.41) is 9.17. The topological polar surface area (TPSA) is 59.3 Å². The molecule has 0 amide bonds. The quantitative estimate of drug-likeness (QED) is 0.607. The molecule has 5 heteroatoms. The van der Waals surface area contributed by atoms with Gasteiger partial charge in [0, 0.05) is 5.56 Å². The molecule has 0 spiro atoms. The van der Waals surface area contributed by atoms with Gasteiger partial charge in [-0.3, -0.25) is 4.79 Å². The molecule has 0 heterocycles. The Labute approximate surface area is 131 Å². The van der Waals surface area contributed by atoms with Crippen molar-refractivity contribution in [3.05, 3.63) is 60.2 Å². The lowest BCUT2D eigenvalue weighted by atomic mass is 10.1. The van der Waals surface area contributed by atoms with Crippen LogP contribution in [0, 0.1) is 11.3 Å². The minimum absolute atomic E-state index is 0.0470. The summed E-state index contributed by atoms with van der Waals surface area (Å²) in [6, 6.07) is 18.2. The maximum Gasteiger partial charge on any atom is 0.318 e. The molecule has 0 saturated heterocycles. The van der Waals surface area contributed by atoms with Crippen molar-refractivity contribution in [3.8, 4) is 17.6 Å². The number of alkyl halides is 1. The number of hydrogen-bond acceptors (Lipinski definition) is 4. The minimum Gasteiger partial charge on any atom is -0.457 e.